The van der Waals surface area contributed by atoms with E-state index < -0.39 is 5.97 Å². The van der Waals surface area contributed by atoms with Crippen LogP contribution in [0.15, 0.2) is 30.3 Å². The van der Waals surface area contributed by atoms with Gasteiger partial charge in [0.25, 0.3) is 5.91 Å². The molecular formula is C16H17N3O4. The minimum atomic E-state index is -0.815. The van der Waals surface area contributed by atoms with Gasteiger partial charge in [-0.2, -0.15) is 5.10 Å². The van der Waals surface area contributed by atoms with Crippen LogP contribution in [-0.2, 0) is 4.79 Å². The molecule has 1 saturated carbocycles. The summed E-state index contributed by atoms with van der Waals surface area (Å²) in [5, 5.41) is 28.3. The number of phenols is 1. The highest BCUT2D eigenvalue weighted by Crippen LogP contribution is 2.28. The maximum atomic E-state index is 12.2. The molecule has 3 rings (SSSR count). The number of carboxylic acid groups (broad SMARTS) is 1. The Morgan fingerprint density at radius 3 is 2.74 bits per heavy atom. The van der Waals surface area contributed by atoms with Gasteiger partial charge in [0.05, 0.1) is 11.6 Å². The zero-order valence-electron chi connectivity index (χ0n) is 12.3. The number of hydrogen-bond donors (Lipinski definition) is 4. The Balaban J connectivity index is 1.68. The number of carbonyl (C=O) groups excluding carboxylic acids is 1. The molecule has 0 unspecified atom stereocenters. The molecule has 0 saturated heterocycles. The number of nitrogens with zero attached hydrogens (tertiary/aromatic N) is 1. The van der Waals surface area contributed by atoms with E-state index in [0.717, 1.165) is 0 Å². The molecule has 1 fully saturated rings. The Bertz CT molecular complexity index is 740. The molecule has 1 amide bonds. The summed E-state index contributed by atoms with van der Waals surface area (Å²) in [7, 11) is 0. The summed E-state index contributed by atoms with van der Waals surface area (Å²) in [5.74, 6) is -1.44. The van der Waals surface area contributed by atoms with Crippen molar-refractivity contribution >= 4 is 11.9 Å². The van der Waals surface area contributed by atoms with Crippen LogP contribution in [0.5, 0.6) is 5.75 Å². The standard InChI is InChI=1S/C16H17N3O4/c20-14-4-2-1-3-11(14)12-8-13(19-18-12)15(21)17-10-6-5-9(7-10)16(22)23/h1-4,8-10,20H,5-7H2,(H,17,21)(H,18,19)(H,22,23)/t9-,10+/m1/s1. The fourth-order valence-electron chi connectivity index (χ4n) is 2.87. The minimum Gasteiger partial charge on any atom is -0.507 e. The summed E-state index contributed by atoms with van der Waals surface area (Å²) in [5.41, 5.74) is 1.29. The van der Waals surface area contributed by atoms with Crippen LogP contribution >= 0.6 is 0 Å². The normalized spacial score (nSPS) is 20.3. The number of nitrogens with one attached hydrogen (secondary N) is 2. The Kier molecular flexibility index (Phi) is 4.01. The molecule has 1 heterocycles. The Morgan fingerprint density at radius 1 is 1.26 bits per heavy atom. The van der Waals surface area contributed by atoms with Gasteiger partial charge in [0.15, 0.2) is 0 Å². The van der Waals surface area contributed by atoms with E-state index in [1.54, 1.807) is 30.3 Å². The number of benzene rings is 1. The highest BCUT2D eigenvalue weighted by Gasteiger charge is 2.31. The van der Waals surface area contributed by atoms with E-state index in [9.17, 15) is 14.7 Å². The van der Waals surface area contributed by atoms with E-state index in [1.165, 1.54) is 0 Å². The number of aromatic amines is 1. The summed E-state index contributed by atoms with van der Waals surface area (Å²) in [6.45, 7) is 0. The lowest BCUT2D eigenvalue weighted by Gasteiger charge is -2.11. The lowest BCUT2D eigenvalue weighted by Crippen LogP contribution is -2.33. The fourth-order valence-corrected chi connectivity index (χ4v) is 2.87. The molecule has 7 heteroatoms. The number of hydrogen-bond acceptors (Lipinski definition) is 4. The number of phenolic OH excluding ortho intramolecular Hbond substituents is 1. The SMILES string of the molecule is O=C(N[C@H]1CC[C@@H](C(=O)O)C1)c1cc(-c2ccccc2O)n[nH]1. The monoisotopic (exact) mass is 315 g/mol. The maximum Gasteiger partial charge on any atom is 0.306 e. The van der Waals surface area contributed by atoms with Crippen LogP contribution in [0.3, 0.4) is 0 Å². The predicted molar refractivity (Wildman–Crippen MR) is 81.9 cm³/mol. The Morgan fingerprint density at radius 2 is 2.04 bits per heavy atom. The highest BCUT2D eigenvalue weighted by atomic mass is 16.4. The summed E-state index contributed by atoms with van der Waals surface area (Å²) in [6, 6.07) is 8.16. The number of aliphatic carboxylic acids is 1. The molecule has 1 aromatic heterocycles. The summed E-state index contributed by atoms with van der Waals surface area (Å²) in [6.07, 6.45) is 1.68. The average molecular weight is 315 g/mol. The molecule has 2 atom stereocenters. The van der Waals surface area contributed by atoms with Gasteiger partial charge < -0.3 is 15.5 Å². The van der Waals surface area contributed by atoms with Crippen molar-refractivity contribution < 1.29 is 19.8 Å². The Labute approximate surface area is 132 Å². The van der Waals surface area contributed by atoms with Crippen molar-refractivity contribution in [2.24, 2.45) is 5.92 Å². The smallest absolute Gasteiger partial charge is 0.306 e. The van der Waals surface area contributed by atoms with Crippen molar-refractivity contribution in [1.82, 2.24) is 15.5 Å². The van der Waals surface area contributed by atoms with E-state index in [-0.39, 0.29) is 29.3 Å². The third-order valence-electron chi connectivity index (χ3n) is 4.12. The van der Waals surface area contributed by atoms with Crippen LogP contribution in [0.4, 0.5) is 0 Å². The molecule has 7 nitrogen and oxygen atoms in total. The molecule has 4 N–H and O–H groups in total. The third-order valence-corrected chi connectivity index (χ3v) is 4.12. The van der Waals surface area contributed by atoms with Crippen molar-refractivity contribution in [3.63, 3.8) is 0 Å². The number of aromatic hydroxyl groups is 1. The van der Waals surface area contributed by atoms with Gasteiger partial charge in [0.1, 0.15) is 11.4 Å². The molecule has 120 valence electrons. The number of carboxylic acids is 1. The first-order valence-corrected chi connectivity index (χ1v) is 7.42. The zero-order chi connectivity index (χ0) is 16.4. The average Bonchev–Trinajstić information content (AvgIpc) is 3.16. The second-order valence-corrected chi connectivity index (χ2v) is 5.70. The van der Waals surface area contributed by atoms with Gasteiger partial charge >= 0.3 is 5.97 Å². The number of aromatic nitrogens is 2. The third kappa shape index (κ3) is 3.18. The van der Waals surface area contributed by atoms with E-state index in [0.29, 0.717) is 30.5 Å². The second-order valence-electron chi connectivity index (χ2n) is 5.70. The van der Waals surface area contributed by atoms with Gasteiger partial charge in [-0.15, -0.1) is 0 Å². The number of H-pyrrole nitrogens is 1. The second kappa shape index (κ2) is 6.12. The van der Waals surface area contributed by atoms with Crippen LogP contribution in [-0.4, -0.2) is 38.3 Å². The summed E-state index contributed by atoms with van der Waals surface area (Å²) >= 11 is 0. The van der Waals surface area contributed by atoms with Crippen molar-refractivity contribution in [3.05, 3.63) is 36.0 Å². The number of para-hydroxylation sites is 1. The highest BCUT2D eigenvalue weighted by molar-refractivity contribution is 5.93. The first kappa shape index (κ1) is 15.1. The van der Waals surface area contributed by atoms with Gasteiger partial charge in [0.2, 0.25) is 0 Å². The molecule has 0 bridgehead atoms. The zero-order valence-corrected chi connectivity index (χ0v) is 12.3. The molecule has 2 aromatic rings. The number of rotatable bonds is 4. The largest absolute Gasteiger partial charge is 0.507 e. The lowest BCUT2D eigenvalue weighted by atomic mass is 10.1. The molecule has 1 aromatic carbocycles. The molecule has 0 spiro atoms. The maximum absolute atomic E-state index is 12.2. The van der Waals surface area contributed by atoms with E-state index in [1.807, 2.05) is 0 Å². The molecule has 0 aliphatic heterocycles. The topological polar surface area (TPSA) is 115 Å². The van der Waals surface area contributed by atoms with Gasteiger partial charge in [-0.3, -0.25) is 14.7 Å². The van der Waals surface area contributed by atoms with Crippen molar-refractivity contribution in [3.8, 4) is 17.0 Å². The van der Waals surface area contributed by atoms with Crippen molar-refractivity contribution in [2.75, 3.05) is 0 Å². The van der Waals surface area contributed by atoms with Gasteiger partial charge in [-0.1, -0.05) is 12.1 Å². The van der Waals surface area contributed by atoms with Gasteiger partial charge in [0, 0.05) is 11.6 Å². The molecule has 0 radical (unpaired) electrons. The molecular weight excluding hydrogens is 298 g/mol. The number of carbonyl (C=O) groups is 2. The molecule has 1 aliphatic carbocycles. The first-order chi connectivity index (χ1) is 11.0. The van der Waals surface area contributed by atoms with Crippen molar-refractivity contribution in [2.45, 2.75) is 25.3 Å². The van der Waals surface area contributed by atoms with E-state index >= 15 is 0 Å². The Hall–Kier alpha value is -2.83. The van der Waals surface area contributed by atoms with Crippen LogP contribution < -0.4 is 5.32 Å². The van der Waals surface area contributed by atoms with Crippen LogP contribution in [0.2, 0.25) is 0 Å². The predicted octanol–water partition coefficient (Wildman–Crippen LogP) is 1.77. The van der Waals surface area contributed by atoms with Crippen molar-refractivity contribution in [1.29, 1.82) is 0 Å². The van der Waals surface area contributed by atoms with E-state index in [4.69, 9.17) is 5.11 Å². The van der Waals surface area contributed by atoms with Crippen LogP contribution in [0.1, 0.15) is 29.8 Å². The minimum absolute atomic E-state index is 0.0889. The molecule has 23 heavy (non-hydrogen) atoms. The van der Waals surface area contributed by atoms with E-state index in [2.05, 4.69) is 15.5 Å². The van der Waals surface area contributed by atoms with Crippen LogP contribution in [0.25, 0.3) is 11.3 Å². The fraction of sp³-hybridized carbons (Fsp3) is 0.312. The van der Waals surface area contributed by atoms with Gasteiger partial charge in [-0.05, 0) is 37.5 Å². The van der Waals surface area contributed by atoms with Crippen LogP contribution in [0, 0.1) is 5.92 Å². The first-order valence-electron chi connectivity index (χ1n) is 7.42. The quantitative estimate of drug-likeness (QED) is 0.686. The number of amides is 1. The summed E-state index contributed by atoms with van der Waals surface area (Å²) < 4.78 is 0. The van der Waals surface area contributed by atoms with Gasteiger partial charge in [-0.25, -0.2) is 0 Å². The lowest BCUT2D eigenvalue weighted by molar-refractivity contribution is -0.141. The molecule has 1 aliphatic rings. The summed E-state index contributed by atoms with van der Waals surface area (Å²) in [4.78, 5) is 23.2.